The van der Waals surface area contributed by atoms with E-state index in [-0.39, 0.29) is 18.0 Å². The quantitative estimate of drug-likeness (QED) is 0.921. The molecule has 1 aromatic heterocycles. The summed E-state index contributed by atoms with van der Waals surface area (Å²) >= 11 is 0. The summed E-state index contributed by atoms with van der Waals surface area (Å²) in [5, 5.41) is 6.20. The molecule has 0 aliphatic carbocycles. The molecule has 0 spiro atoms. The van der Waals surface area contributed by atoms with Gasteiger partial charge in [0.05, 0.1) is 0 Å². The zero-order valence-electron chi connectivity index (χ0n) is 11.6. The molecule has 0 fully saturated rings. The average Bonchev–Trinajstić information content (AvgIpc) is 2.89. The van der Waals surface area contributed by atoms with Gasteiger partial charge in [0.15, 0.2) is 12.3 Å². The highest BCUT2D eigenvalue weighted by atomic mass is 19.4. The van der Waals surface area contributed by atoms with Crippen LogP contribution in [0.5, 0.6) is 5.75 Å². The average molecular weight is 314 g/mol. The highest BCUT2D eigenvalue weighted by molar-refractivity contribution is 5.92. The predicted octanol–water partition coefficient (Wildman–Crippen LogP) is 2.85. The van der Waals surface area contributed by atoms with E-state index in [1.807, 2.05) is 0 Å². The van der Waals surface area contributed by atoms with E-state index in [9.17, 15) is 18.0 Å². The summed E-state index contributed by atoms with van der Waals surface area (Å²) in [5.74, 6) is 0.241. The van der Waals surface area contributed by atoms with Gasteiger partial charge in [0, 0.05) is 12.6 Å². The van der Waals surface area contributed by atoms with Crippen molar-refractivity contribution in [1.82, 2.24) is 10.5 Å². The van der Waals surface area contributed by atoms with Gasteiger partial charge in [0.25, 0.3) is 5.91 Å². The van der Waals surface area contributed by atoms with Crippen LogP contribution in [0.4, 0.5) is 13.2 Å². The topological polar surface area (TPSA) is 64.4 Å². The molecule has 1 aromatic carbocycles. The van der Waals surface area contributed by atoms with Crippen LogP contribution >= 0.6 is 0 Å². The summed E-state index contributed by atoms with van der Waals surface area (Å²) < 4.78 is 45.4. The number of hydrogen-bond acceptors (Lipinski definition) is 4. The molecule has 2 rings (SSSR count). The van der Waals surface area contributed by atoms with Crippen molar-refractivity contribution in [3.63, 3.8) is 0 Å². The fourth-order valence-electron chi connectivity index (χ4n) is 1.62. The number of carbonyl (C=O) groups is 1. The molecule has 0 unspecified atom stereocenters. The summed E-state index contributed by atoms with van der Waals surface area (Å²) in [6.45, 7) is 0.544. The molecular weight excluding hydrogens is 301 g/mol. The van der Waals surface area contributed by atoms with E-state index in [2.05, 4.69) is 15.2 Å². The number of aryl methyl sites for hydroxylation is 1. The summed E-state index contributed by atoms with van der Waals surface area (Å²) in [4.78, 5) is 11.7. The number of amides is 1. The van der Waals surface area contributed by atoms with Crippen molar-refractivity contribution in [2.24, 2.45) is 0 Å². The number of ether oxygens (including phenoxy) is 1. The normalized spacial score (nSPS) is 11.3. The molecule has 1 heterocycles. The maximum Gasteiger partial charge on any atom is 0.422 e. The maximum atomic E-state index is 12.0. The molecule has 22 heavy (non-hydrogen) atoms. The second kappa shape index (κ2) is 6.50. The van der Waals surface area contributed by atoms with E-state index in [1.54, 1.807) is 19.1 Å². The van der Waals surface area contributed by atoms with Gasteiger partial charge in [0.2, 0.25) is 0 Å². The Hall–Kier alpha value is -2.51. The van der Waals surface area contributed by atoms with Gasteiger partial charge in [-0.15, -0.1) is 0 Å². The Kier molecular flexibility index (Phi) is 4.69. The largest absolute Gasteiger partial charge is 0.484 e. The van der Waals surface area contributed by atoms with Crippen LogP contribution < -0.4 is 10.1 Å². The van der Waals surface area contributed by atoms with E-state index in [4.69, 9.17) is 4.52 Å². The molecule has 118 valence electrons. The number of halogens is 3. The number of hydrogen-bond donors (Lipinski definition) is 1. The van der Waals surface area contributed by atoms with Crippen molar-refractivity contribution in [3.05, 3.63) is 47.3 Å². The molecule has 0 saturated carbocycles. The minimum Gasteiger partial charge on any atom is -0.484 e. The SMILES string of the molecule is Cc1cc(C(=O)NCc2ccc(OCC(F)(F)F)cc2)no1. The van der Waals surface area contributed by atoms with E-state index in [0.717, 1.165) is 0 Å². The summed E-state index contributed by atoms with van der Waals surface area (Å²) in [6.07, 6.45) is -4.37. The fraction of sp³-hybridized carbons (Fsp3) is 0.286. The third kappa shape index (κ3) is 4.80. The molecule has 5 nitrogen and oxygen atoms in total. The van der Waals surface area contributed by atoms with Gasteiger partial charge < -0.3 is 14.6 Å². The van der Waals surface area contributed by atoms with E-state index < -0.39 is 18.7 Å². The van der Waals surface area contributed by atoms with Gasteiger partial charge in [-0.3, -0.25) is 4.79 Å². The van der Waals surface area contributed by atoms with Gasteiger partial charge in [-0.1, -0.05) is 17.3 Å². The smallest absolute Gasteiger partial charge is 0.422 e. The zero-order chi connectivity index (χ0) is 16.2. The first kappa shape index (κ1) is 15.9. The summed E-state index contributed by atoms with van der Waals surface area (Å²) in [7, 11) is 0. The zero-order valence-corrected chi connectivity index (χ0v) is 11.6. The lowest BCUT2D eigenvalue weighted by molar-refractivity contribution is -0.153. The van der Waals surface area contributed by atoms with Crippen molar-refractivity contribution in [2.45, 2.75) is 19.6 Å². The molecule has 1 amide bonds. The minimum absolute atomic E-state index is 0.111. The number of aromatic nitrogens is 1. The molecule has 0 aliphatic heterocycles. The monoisotopic (exact) mass is 314 g/mol. The number of rotatable bonds is 5. The van der Waals surface area contributed by atoms with Crippen LogP contribution in [-0.2, 0) is 6.54 Å². The summed E-state index contributed by atoms with van der Waals surface area (Å²) in [5.41, 5.74) is 0.885. The van der Waals surface area contributed by atoms with Crippen LogP contribution in [0.15, 0.2) is 34.9 Å². The highest BCUT2D eigenvalue weighted by Crippen LogP contribution is 2.18. The first-order valence-corrected chi connectivity index (χ1v) is 6.33. The first-order valence-electron chi connectivity index (χ1n) is 6.33. The van der Waals surface area contributed by atoms with Crippen molar-refractivity contribution < 1.29 is 27.2 Å². The van der Waals surface area contributed by atoms with Gasteiger partial charge >= 0.3 is 6.18 Å². The third-order valence-electron chi connectivity index (χ3n) is 2.64. The number of alkyl halides is 3. The highest BCUT2D eigenvalue weighted by Gasteiger charge is 2.28. The second-order valence-electron chi connectivity index (χ2n) is 4.55. The maximum absolute atomic E-state index is 12.0. The minimum atomic E-state index is -4.37. The lowest BCUT2D eigenvalue weighted by Crippen LogP contribution is -2.23. The fourth-order valence-corrected chi connectivity index (χ4v) is 1.62. The van der Waals surface area contributed by atoms with Crippen LogP contribution in [0.3, 0.4) is 0 Å². The molecule has 8 heteroatoms. The van der Waals surface area contributed by atoms with E-state index >= 15 is 0 Å². The predicted molar refractivity (Wildman–Crippen MR) is 70.4 cm³/mol. The molecular formula is C14H13F3N2O3. The molecule has 2 aromatic rings. The van der Waals surface area contributed by atoms with Crippen LogP contribution in [0.2, 0.25) is 0 Å². The van der Waals surface area contributed by atoms with Crippen molar-refractivity contribution in [1.29, 1.82) is 0 Å². The number of nitrogens with one attached hydrogen (secondary N) is 1. The third-order valence-corrected chi connectivity index (χ3v) is 2.64. The lowest BCUT2D eigenvalue weighted by Gasteiger charge is -2.09. The Bertz CT molecular complexity index is 636. The number of carbonyl (C=O) groups excluding carboxylic acids is 1. The van der Waals surface area contributed by atoms with Crippen LogP contribution in [0, 0.1) is 6.92 Å². The molecule has 0 atom stereocenters. The number of benzene rings is 1. The van der Waals surface area contributed by atoms with E-state index in [1.165, 1.54) is 18.2 Å². The molecule has 0 saturated heterocycles. The first-order chi connectivity index (χ1) is 10.3. The molecule has 0 radical (unpaired) electrons. The Labute approximate surface area is 124 Å². The number of nitrogens with zero attached hydrogens (tertiary/aromatic N) is 1. The van der Waals surface area contributed by atoms with Gasteiger partial charge in [0.1, 0.15) is 11.5 Å². The van der Waals surface area contributed by atoms with E-state index in [0.29, 0.717) is 11.3 Å². The Morgan fingerprint density at radius 1 is 1.32 bits per heavy atom. The second-order valence-corrected chi connectivity index (χ2v) is 4.55. The van der Waals surface area contributed by atoms with Crippen LogP contribution in [-0.4, -0.2) is 23.8 Å². The standard InChI is InChI=1S/C14H13F3N2O3/c1-9-6-12(19-22-9)13(20)18-7-10-2-4-11(5-3-10)21-8-14(15,16)17/h2-6H,7-8H2,1H3,(H,18,20). The van der Waals surface area contributed by atoms with Crippen LogP contribution in [0.1, 0.15) is 21.8 Å². The van der Waals surface area contributed by atoms with Crippen molar-refractivity contribution >= 4 is 5.91 Å². The Morgan fingerprint density at radius 2 is 2.00 bits per heavy atom. The van der Waals surface area contributed by atoms with Crippen molar-refractivity contribution in [2.75, 3.05) is 6.61 Å². The van der Waals surface area contributed by atoms with Crippen molar-refractivity contribution in [3.8, 4) is 5.75 Å². The summed E-state index contributed by atoms with van der Waals surface area (Å²) in [6, 6.07) is 7.46. The van der Waals surface area contributed by atoms with Gasteiger partial charge in [-0.05, 0) is 24.6 Å². The van der Waals surface area contributed by atoms with Crippen LogP contribution in [0.25, 0.3) is 0 Å². The molecule has 0 aliphatic rings. The lowest BCUT2D eigenvalue weighted by atomic mass is 10.2. The molecule has 0 bridgehead atoms. The molecule has 1 N–H and O–H groups in total. The van der Waals surface area contributed by atoms with Gasteiger partial charge in [-0.25, -0.2) is 0 Å². The Morgan fingerprint density at radius 3 is 2.55 bits per heavy atom. The van der Waals surface area contributed by atoms with Gasteiger partial charge in [-0.2, -0.15) is 13.2 Å². The Balaban J connectivity index is 1.85.